The normalized spacial score (nSPS) is 10.6. The number of carbonyl (C=O) groups excluding carboxylic acids is 1. The van der Waals surface area contributed by atoms with E-state index in [-0.39, 0.29) is 12.5 Å². The molecular formula is C25H26N2O4. The lowest BCUT2D eigenvalue weighted by molar-refractivity contribution is -0.137. The molecule has 0 saturated heterocycles. The van der Waals surface area contributed by atoms with Crippen LogP contribution in [0.15, 0.2) is 84.0 Å². The van der Waals surface area contributed by atoms with Gasteiger partial charge in [0.15, 0.2) is 18.1 Å². The standard InChI is InChI=1S/C25H26N2O4/c1-29-23-14-13-22(15-24(23)30-2)16-26-31-19-25(28)27(17-20-9-5-3-6-10-20)18-21-11-7-4-8-12-21/h3-16H,17-19H2,1-2H3/b26-16+. The summed E-state index contributed by atoms with van der Waals surface area (Å²) >= 11 is 0. The zero-order valence-corrected chi connectivity index (χ0v) is 17.7. The van der Waals surface area contributed by atoms with E-state index in [1.165, 1.54) is 6.21 Å². The Morgan fingerprint density at radius 3 is 1.97 bits per heavy atom. The molecule has 0 heterocycles. The summed E-state index contributed by atoms with van der Waals surface area (Å²) in [4.78, 5) is 19.9. The average molecular weight is 418 g/mol. The van der Waals surface area contributed by atoms with E-state index in [4.69, 9.17) is 14.3 Å². The lowest BCUT2D eigenvalue weighted by atomic mass is 10.1. The van der Waals surface area contributed by atoms with Gasteiger partial charge in [0.25, 0.3) is 5.91 Å². The van der Waals surface area contributed by atoms with E-state index in [1.807, 2.05) is 66.7 Å². The second-order valence-corrected chi connectivity index (χ2v) is 6.84. The van der Waals surface area contributed by atoms with Gasteiger partial charge >= 0.3 is 0 Å². The predicted octanol–water partition coefficient (Wildman–Crippen LogP) is 4.28. The third kappa shape index (κ3) is 6.60. The second-order valence-electron chi connectivity index (χ2n) is 6.84. The summed E-state index contributed by atoms with van der Waals surface area (Å²) < 4.78 is 10.5. The number of rotatable bonds is 10. The molecule has 0 aromatic heterocycles. The van der Waals surface area contributed by atoms with Crippen molar-refractivity contribution >= 4 is 12.1 Å². The van der Waals surface area contributed by atoms with Crippen LogP contribution in [0.1, 0.15) is 16.7 Å². The maximum Gasteiger partial charge on any atom is 0.263 e. The highest BCUT2D eigenvalue weighted by Gasteiger charge is 2.15. The van der Waals surface area contributed by atoms with Gasteiger partial charge in [0, 0.05) is 18.7 Å². The van der Waals surface area contributed by atoms with Crippen LogP contribution >= 0.6 is 0 Å². The lowest BCUT2D eigenvalue weighted by Gasteiger charge is -2.22. The van der Waals surface area contributed by atoms with Crippen molar-refractivity contribution in [3.05, 3.63) is 95.6 Å². The van der Waals surface area contributed by atoms with Gasteiger partial charge in [-0.25, -0.2) is 0 Å². The summed E-state index contributed by atoms with van der Waals surface area (Å²) in [6, 6.07) is 25.2. The number of hydrogen-bond acceptors (Lipinski definition) is 5. The highest BCUT2D eigenvalue weighted by molar-refractivity contribution is 5.81. The average Bonchev–Trinajstić information content (AvgIpc) is 2.82. The van der Waals surface area contributed by atoms with E-state index in [9.17, 15) is 4.79 Å². The Kier molecular flexibility index (Phi) is 8.05. The number of ether oxygens (including phenoxy) is 2. The van der Waals surface area contributed by atoms with E-state index in [1.54, 1.807) is 31.3 Å². The molecule has 0 aliphatic carbocycles. The first-order valence-corrected chi connectivity index (χ1v) is 9.92. The molecule has 0 aliphatic rings. The first-order valence-electron chi connectivity index (χ1n) is 9.92. The third-order valence-corrected chi connectivity index (χ3v) is 4.66. The molecule has 0 unspecified atom stereocenters. The van der Waals surface area contributed by atoms with Crippen molar-refractivity contribution in [2.75, 3.05) is 20.8 Å². The summed E-state index contributed by atoms with van der Waals surface area (Å²) in [5.74, 6) is 1.09. The quantitative estimate of drug-likeness (QED) is 0.364. The molecule has 0 atom stereocenters. The molecule has 0 fully saturated rings. The zero-order chi connectivity index (χ0) is 21.9. The number of amides is 1. The first-order chi connectivity index (χ1) is 15.2. The number of methoxy groups -OCH3 is 2. The van der Waals surface area contributed by atoms with Crippen LogP contribution in [0.25, 0.3) is 0 Å². The van der Waals surface area contributed by atoms with Gasteiger partial charge in [-0.15, -0.1) is 0 Å². The molecule has 0 radical (unpaired) electrons. The van der Waals surface area contributed by atoms with Crippen molar-refractivity contribution in [1.29, 1.82) is 0 Å². The highest BCUT2D eigenvalue weighted by Crippen LogP contribution is 2.26. The Morgan fingerprint density at radius 2 is 1.42 bits per heavy atom. The molecule has 0 N–H and O–H groups in total. The van der Waals surface area contributed by atoms with Crippen LogP contribution in [0.5, 0.6) is 11.5 Å². The van der Waals surface area contributed by atoms with Crippen molar-refractivity contribution < 1.29 is 19.1 Å². The van der Waals surface area contributed by atoms with E-state index < -0.39 is 0 Å². The summed E-state index contributed by atoms with van der Waals surface area (Å²) in [7, 11) is 3.15. The number of nitrogens with zero attached hydrogens (tertiary/aromatic N) is 2. The number of oxime groups is 1. The summed E-state index contributed by atoms with van der Waals surface area (Å²) in [5.41, 5.74) is 2.89. The van der Waals surface area contributed by atoms with Gasteiger partial charge in [0.2, 0.25) is 0 Å². The van der Waals surface area contributed by atoms with E-state index >= 15 is 0 Å². The maximum absolute atomic E-state index is 12.8. The Hall–Kier alpha value is -3.80. The van der Waals surface area contributed by atoms with E-state index in [2.05, 4.69) is 5.16 Å². The van der Waals surface area contributed by atoms with Gasteiger partial charge in [-0.05, 0) is 29.3 Å². The van der Waals surface area contributed by atoms with Gasteiger partial charge in [0.05, 0.1) is 20.4 Å². The number of hydrogen-bond donors (Lipinski definition) is 0. The fourth-order valence-electron chi connectivity index (χ4n) is 3.05. The zero-order valence-electron chi connectivity index (χ0n) is 17.7. The second kappa shape index (κ2) is 11.4. The van der Waals surface area contributed by atoms with Crippen LogP contribution < -0.4 is 9.47 Å². The minimum atomic E-state index is -0.149. The first kappa shape index (κ1) is 21.9. The Morgan fingerprint density at radius 1 is 0.839 bits per heavy atom. The van der Waals surface area contributed by atoms with Crippen molar-refractivity contribution in [2.24, 2.45) is 5.16 Å². The largest absolute Gasteiger partial charge is 0.493 e. The molecule has 31 heavy (non-hydrogen) atoms. The lowest BCUT2D eigenvalue weighted by Crippen LogP contribution is -2.32. The van der Waals surface area contributed by atoms with Gasteiger partial charge < -0.3 is 19.2 Å². The molecule has 0 spiro atoms. The fourth-order valence-corrected chi connectivity index (χ4v) is 3.05. The monoisotopic (exact) mass is 418 g/mol. The van der Waals surface area contributed by atoms with Crippen LogP contribution in [0.3, 0.4) is 0 Å². The Labute approximate surface area is 182 Å². The van der Waals surface area contributed by atoms with Crippen molar-refractivity contribution in [2.45, 2.75) is 13.1 Å². The molecule has 3 rings (SSSR count). The summed E-state index contributed by atoms with van der Waals surface area (Å²) in [6.07, 6.45) is 1.54. The Bertz CT molecular complexity index is 949. The molecule has 0 aliphatic heterocycles. The molecule has 0 saturated carbocycles. The van der Waals surface area contributed by atoms with Gasteiger partial charge in [-0.1, -0.05) is 65.8 Å². The number of benzene rings is 3. The molecule has 1 amide bonds. The maximum atomic E-state index is 12.8. The summed E-state index contributed by atoms with van der Waals surface area (Å²) in [5, 5.41) is 3.94. The van der Waals surface area contributed by atoms with Crippen LogP contribution in [0.2, 0.25) is 0 Å². The molecular weight excluding hydrogens is 392 g/mol. The minimum Gasteiger partial charge on any atom is -0.493 e. The smallest absolute Gasteiger partial charge is 0.263 e. The van der Waals surface area contributed by atoms with Crippen LogP contribution in [0, 0.1) is 0 Å². The topological polar surface area (TPSA) is 60.4 Å². The SMILES string of the molecule is COc1ccc(/C=N/OCC(=O)N(Cc2ccccc2)Cc2ccccc2)cc1OC. The van der Waals surface area contributed by atoms with Crippen molar-refractivity contribution in [3.8, 4) is 11.5 Å². The number of carbonyl (C=O) groups is 1. The van der Waals surface area contributed by atoms with E-state index in [0.717, 1.165) is 16.7 Å². The van der Waals surface area contributed by atoms with Crippen LogP contribution in [-0.4, -0.2) is 37.8 Å². The molecule has 3 aromatic carbocycles. The Balaban J connectivity index is 1.62. The van der Waals surface area contributed by atoms with Crippen molar-refractivity contribution in [3.63, 3.8) is 0 Å². The van der Waals surface area contributed by atoms with Gasteiger partial charge in [-0.3, -0.25) is 4.79 Å². The van der Waals surface area contributed by atoms with Crippen molar-refractivity contribution in [1.82, 2.24) is 4.90 Å². The fraction of sp³-hybridized carbons (Fsp3) is 0.200. The minimum absolute atomic E-state index is 0.142. The van der Waals surface area contributed by atoms with Gasteiger partial charge in [-0.2, -0.15) is 0 Å². The van der Waals surface area contributed by atoms with Gasteiger partial charge in [0.1, 0.15) is 0 Å². The van der Waals surface area contributed by atoms with E-state index in [0.29, 0.717) is 24.6 Å². The molecule has 0 bridgehead atoms. The summed E-state index contributed by atoms with van der Waals surface area (Å²) in [6.45, 7) is 0.845. The highest BCUT2D eigenvalue weighted by atomic mass is 16.6. The molecule has 3 aromatic rings. The third-order valence-electron chi connectivity index (χ3n) is 4.66. The molecule has 6 nitrogen and oxygen atoms in total. The molecule has 160 valence electrons. The van der Waals surface area contributed by atoms with Crippen LogP contribution in [-0.2, 0) is 22.7 Å². The molecule has 6 heteroatoms. The van der Waals surface area contributed by atoms with Crippen LogP contribution in [0.4, 0.5) is 0 Å². The predicted molar refractivity (Wildman–Crippen MR) is 120 cm³/mol.